The van der Waals surface area contributed by atoms with Crippen molar-refractivity contribution in [2.24, 2.45) is 0 Å². The molecule has 0 amide bonds. The van der Waals surface area contributed by atoms with E-state index in [1.165, 1.54) is 11.1 Å². The predicted molar refractivity (Wildman–Crippen MR) is 134 cm³/mol. The number of aromatic nitrogens is 3. The number of benzene rings is 1. The Hall–Kier alpha value is -2.19. The van der Waals surface area contributed by atoms with Crippen LogP contribution in [0, 0.1) is 6.92 Å². The van der Waals surface area contributed by atoms with Gasteiger partial charge in [0.05, 0.1) is 4.90 Å². The van der Waals surface area contributed by atoms with Crippen LogP contribution in [0.25, 0.3) is 5.65 Å². The van der Waals surface area contributed by atoms with E-state index in [9.17, 15) is 8.42 Å². The summed E-state index contributed by atoms with van der Waals surface area (Å²) in [6.45, 7) is 3.09. The molecule has 1 aromatic carbocycles. The molecule has 12 heteroatoms. The third kappa shape index (κ3) is 3.22. The van der Waals surface area contributed by atoms with Crippen LogP contribution in [-0.2, 0) is 15.2 Å². The number of nitrogens with zero attached hydrogens (tertiary/aromatic N) is 4. The van der Waals surface area contributed by atoms with Crippen LogP contribution in [0.4, 0.5) is 0 Å². The summed E-state index contributed by atoms with van der Waals surface area (Å²) in [5.41, 5.74) is 4.18. The van der Waals surface area contributed by atoms with Gasteiger partial charge in [-0.2, -0.15) is 9.40 Å². The Morgan fingerprint density at radius 3 is 2.56 bits per heavy atom. The van der Waals surface area contributed by atoms with Crippen LogP contribution in [0.1, 0.15) is 35.4 Å². The number of sulfonamides is 1. The Bertz CT molecular complexity index is 1320. The number of rotatable bonds is 3. The third-order valence-electron chi connectivity index (χ3n) is 7.69. The lowest BCUT2D eigenvalue weighted by Crippen LogP contribution is -2.53. The second-order valence-electron chi connectivity index (χ2n) is 10.0. The molecule has 0 bridgehead atoms. The molecule has 0 N–H and O–H groups in total. The van der Waals surface area contributed by atoms with Crippen LogP contribution >= 0.6 is 0 Å². The Balaban J connectivity index is 1.37. The van der Waals surface area contributed by atoms with Crippen molar-refractivity contribution in [3.8, 4) is 5.75 Å². The summed E-state index contributed by atoms with van der Waals surface area (Å²) in [5, 5.41) is 3.58. The first-order chi connectivity index (χ1) is 15.0. The van der Waals surface area contributed by atoms with Crippen molar-refractivity contribution in [2.45, 2.75) is 41.2 Å². The molecule has 5 rings (SSSR count). The fourth-order valence-corrected chi connectivity index (χ4v) is 6.43. The summed E-state index contributed by atoms with van der Waals surface area (Å²) in [7, 11) is 4.74. The quantitative estimate of drug-likeness (QED) is 0.451. The normalized spacial score (nSPS) is 20.8. The van der Waals surface area contributed by atoms with E-state index in [1.807, 2.05) is 40.1 Å². The molecule has 1 saturated heterocycles. The third-order valence-corrected chi connectivity index (χ3v) is 9.58. The van der Waals surface area contributed by atoms with Crippen molar-refractivity contribution in [1.29, 1.82) is 0 Å². The maximum absolute atomic E-state index is 13.5. The molecule has 0 saturated carbocycles. The van der Waals surface area contributed by atoms with Gasteiger partial charge in [0, 0.05) is 24.7 Å². The maximum atomic E-state index is 13.5. The topological polar surface area (TPSA) is 76.8 Å². The molecule has 0 radical (unpaired) electrons. The average Bonchev–Trinajstić information content (AvgIpc) is 3.26. The Morgan fingerprint density at radius 1 is 1.12 bits per heavy atom. The molecular weight excluding hydrogens is 420 g/mol. The highest BCUT2D eigenvalue weighted by Crippen LogP contribution is 2.44. The first kappa shape index (κ1) is 21.6. The van der Waals surface area contributed by atoms with Crippen molar-refractivity contribution in [2.75, 3.05) is 13.1 Å². The van der Waals surface area contributed by atoms with E-state index in [4.69, 9.17) is 4.74 Å². The van der Waals surface area contributed by atoms with Gasteiger partial charge in [0.1, 0.15) is 43.5 Å². The summed E-state index contributed by atoms with van der Waals surface area (Å²) in [4.78, 5) is 4.59. The van der Waals surface area contributed by atoms with Gasteiger partial charge >= 0.3 is 0 Å². The number of piperidine rings is 1. The molecule has 0 spiro atoms. The van der Waals surface area contributed by atoms with Gasteiger partial charge in [-0.25, -0.2) is 17.9 Å². The van der Waals surface area contributed by atoms with Gasteiger partial charge in [-0.1, -0.05) is 0 Å². The smallest absolute Gasteiger partial charge is 0.243 e. The summed E-state index contributed by atoms with van der Waals surface area (Å²) in [5.74, 6) is 1.08. The minimum Gasteiger partial charge on any atom is -0.506 e. The number of hydrogen-bond donors (Lipinski definition) is 0. The van der Waals surface area contributed by atoms with Crippen molar-refractivity contribution < 1.29 is 13.2 Å². The summed E-state index contributed by atoms with van der Waals surface area (Å²) >= 11 is 0. The van der Waals surface area contributed by atoms with Gasteiger partial charge in [-0.3, -0.25) is 0 Å². The second kappa shape index (κ2) is 7.15. The Kier molecular flexibility index (Phi) is 4.84. The summed E-state index contributed by atoms with van der Waals surface area (Å²) in [6, 6.07) is 7.35. The monoisotopic (exact) mass is 446 g/mol. The zero-order valence-corrected chi connectivity index (χ0v) is 20.1. The van der Waals surface area contributed by atoms with E-state index < -0.39 is 10.0 Å². The molecule has 0 aliphatic carbocycles. The zero-order chi connectivity index (χ0) is 22.9. The first-order valence-corrected chi connectivity index (χ1v) is 12.6. The molecule has 3 aromatic rings. The highest BCUT2D eigenvalue weighted by atomic mass is 32.2. The van der Waals surface area contributed by atoms with Gasteiger partial charge < -0.3 is 4.74 Å². The van der Waals surface area contributed by atoms with E-state index >= 15 is 0 Å². The summed E-state index contributed by atoms with van der Waals surface area (Å²) < 4.78 is 36.5. The van der Waals surface area contributed by atoms with E-state index in [0.29, 0.717) is 23.9 Å². The van der Waals surface area contributed by atoms with Crippen LogP contribution in [0.15, 0.2) is 41.7 Å². The van der Waals surface area contributed by atoms with Gasteiger partial charge in [-0.15, -0.1) is 0 Å². The van der Waals surface area contributed by atoms with Crippen molar-refractivity contribution in [3.63, 3.8) is 0 Å². The highest BCUT2D eigenvalue weighted by Gasteiger charge is 2.47. The second-order valence-corrected chi connectivity index (χ2v) is 12.0. The molecule has 0 unspecified atom stereocenters. The van der Waals surface area contributed by atoms with Crippen LogP contribution in [0.3, 0.4) is 0 Å². The SMILES string of the molecule is BC1(B)Oc2ccc(S(=O)(=O)N3CCC(c4cn5ncnc5cc4C)CC3)cc2C1(B)B. The fourth-order valence-electron chi connectivity index (χ4n) is 4.93. The molecule has 2 aliphatic rings. The summed E-state index contributed by atoms with van der Waals surface area (Å²) in [6.07, 6.45) is 5.16. The fraction of sp³-hybridized carbons (Fsp3) is 0.400. The zero-order valence-electron chi connectivity index (χ0n) is 19.3. The lowest BCUT2D eigenvalue weighted by Gasteiger charge is -2.34. The number of ether oxygens (including phenoxy) is 1. The molecule has 0 atom stereocenters. The largest absolute Gasteiger partial charge is 0.506 e. The van der Waals surface area contributed by atoms with E-state index in [2.05, 4.69) is 32.7 Å². The Morgan fingerprint density at radius 2 is 1.84 bits per heavy atom. The van der Waals surface area contributed by atoms with E-state index in [1.54, 1.807) is 21.2 Å². The first-order valence-electron chi connectivity index (χ1n) is 11.1. The number of aryl methyl sites for hydroxylation is 1. The standard InChI is InChI=1S/C20H26B4N4O3S/c1-12-8-18-25-11-26-28(18)10-15(12)13-4-6-27(7-5-13)32(29,30)14-2-3-17-16(9-14)19(21,22)20(23,24)31-17/h2-3,8-11,13H,4-7,21-24H2,1H3. The predicted octanol–water partition coefficient (Wildman–Crippen LogP) is -1.66. The number of fused-ring (bicyclic) bond motifs is 2. The van der Waals surface area contributed by atoms with Crippen LogP contribution in [-0.4, -0.2) is 77.2 Å². The molecule has 4 heterocycles. The minimum absolute atomic E-state index is 0.279. The number of hydrogen-bond acceptors (Lipinski definition) is 5. The molecule has 2 aliphatic heterocycles. The average molecular weight is 446 g/mol. The van der Waals surface area contributed by atoms with E-state index in [-0.39, 0.29) is 10.6 Å². The highest BCUT2D eigenvalue weighted by molar-refractivity contribution is 7.89. The van der Waals surface area contributed by atoms with Crippen LogP contribution in [0.5, 0.6) is 5.75 Å². The van der Waals surface area contributed by atoms with Crippen LogP contribution in [0.2, 0.25) is 0 Å². The van der Waals surface area contributed by atoms with E-state index in [0.717, 1.165) is 29.8 Å². The van der Waals surface area contributed by atoms with Crippen molar-refractivity contribution in [1.82, 2.24) is 18.9 Å². The molecular formula is C20H26B4N4O3S. The minimum atomic E-state index is -3.56. The molecule has 2 aromatic heterocycles. The molecule has 7 nitrogen and oxygen atoms in total. The molecule has 1 fully saturated rings. The van der Waals surface area contributed by atoms with Crippen LogP contribution < -0.4 is 4.74 Å². The Labute approximate surface area is 192 Å². The molecule has 162 valence electrons. The maximum Gasteiger partial charge on any atom is 0.243 e. The van der Waals surface area contributed by atoms with Gasteiger partial charge in [0.25, 0.3) is 0 Å². The van der Waals surface area contributed by atoms with Gasteiger partial charge in [0.2, 0.25) is 10.0 Å². The van der Waals surface area contributed by atoms with Gasteiger partial charge in [-0.05, 0) is 71.9 Å². The van der Waals surface area contributed by atoms with Crippen molar-refractivity contribution in [3.05, 3.63) is 53.5 Å². The lowest BCUT2D eigenvalue weighted by atomic mass is 9.34. The number of pyridine rings is 1. The lowest BCUT2D eigenvalue weighted by molar-refractivity contribution is 0.258. The van der Waals surface area contributed by atoms with Gasteiger partial charge in [0.15, 0.2) is 5.65 Å². The molecule has 32 heavy (non-hydrogen) atoms. The van der Waals surface area contributed by atoms with Crippen molar-refractivity contribution >= 4 is 47.1 Å².